The summed E-state index contributed by atoms with van der Waals surface area (Å²) in [5.41, 5.74) is 0. The van der Waals surface area contributed by atoms with Crippen LogP contribution in [-0.4, -0.2) is 6.29 Å². The lowest BCUT2D eigenvalue weighted by Gasteiger charge is -2.03. The number of rotatable bonds is 21. The van der Waals surface area contributed by atoms with Gasteiger partial charge in [-0.15, -0.1) is 0 Å². The Kier molecular flexibility index (Phi) is 22.4. The van der Waals surface area contributed by atoms with Gasteiger partial charge in [0, 0.05) is 6.42 Å². The zero-order valence-corrected chi connectivity index (χ0v) is 16.8. The Balaban J connectivity index is 2.94. The van der Waals surface area contributed by atoms with Crippen molar-refractivity contribution >= 4 is 6.29 Å². The van der Waals surface area contributed by atoms with Gasteiger partial charge in [0.2, 0.25) is 0 Å². The molecule has 0 heterocycles. The first kappa shape index (κ1) is 23.7. The SMILES string of the molecule is CCCCCCCCCCCCCCCCCCCCCC[C]=O. The topological polar surface area (TPSA) is 17.1 Å². The van der Waals surface area contributed by atoms with Gasteiger partial charge in [0.1, 0.15) is 0 Å². The zero-order valence-electron chi connectivity index (χ0n) is 16.8. The molecule has 143 valence electrons. The summed E-state index contributed by atoms with van der Waals surface area (Å²) in [6, 6.07) is 0. The Morgan fingerprint density at radius 2 is 0.667 bits per heavy atom. The van der Waals surface area contributed by atoms with Crippen LogP contribution in [-0.2, 0) is 4.79 Å². The van der Waals surface area contributed by atoms with Crippen molar-refractivity contribution in [3.63, 3.8) is 0 Å². The molecule has 0 aliphatic carbocycles. The third-order valence-electron chi connectivity index (χ3n) is 5.13. The molecular weight excluding hydrogens is 292 g/mol. The fraction of sp³-hybridized carbons (Fsp3) is 0.957. The minimum atomic E-state index is 0.638. The molecule has 0 saturated carbocycles. The molecule has 0 spiro atoms. The maximum Gasteiger partial charge on any atom is 0.198 e. The van der Waals surface area contributed by atoms with Crippen LogP contribution in [0.2, 0.25) is 0 Å². The molecule has 0 aromatic rings. The number of unbranched alkanes of at least 4 members (excludes halogenated alkanes) is 20. The van der Waals surface area contributed by atoms with E-state index in [1.54, 1.807) is 0 Å². The monoisotopic (exact) mass is 337 g/mol. The van der Waals surface area contributed by atoms with Crippen molar-refractivity contribution in [2.24, 2.45) is 0 Å². The first-order valence-electron chi connectivity index (χ1n) is 11.3. The molecule has 0 N–H and O–H groups in total. The third-order valence-corrected chi connectivity index (χ3v) is 5.13. The van der Waals surface area contributed by atoms with Crippen LogP contribution in [0, 0.1) is 0 Å². The molecule has 0 aliphatic rings. The van der Waals surface area contributed by atoms with E-state index < -0.39 is 0 Å². The molecule has 0 aliphatic heterocycles. The summed E-state index contributed by atoms with van der Waals surface area (Å²) < 4.78 is 0. The van der Waals surface area contributed by atoms with Crippen LogP contribution < -0.4 is 0 Å². The molecule has 0 amide bonds. The highest BCUT2D eigenvalue weighted by atomic mass is 16.1. The molecule has 0 aromatic heterocycles. The zero-order chi connectivity index (χ0) is 17.6. The first-order valence-corrected chi connectivity index (χ1v) is 11.3. The molecule has 1 heteroatoms. The van der Waals surface area contributed by atoms with Gasteiger partial charge in [0.05, 0.1) is 0 Å². The van der Waals surface area contributed by atoms with E-state index >= 15 is 0 Å². The molecule has 0 fully saturated rings. The summed E-state index contributed by atoms with van der Waals surface area (Å²) in [4.78, 5) is 10.1. The van der Waals surface area contributed by atoms with Gasteiger partial charge in [-0.3, -0.25) is 4.79 Å². The van der Waals surface area contributed by atoms with Gasteiger partial charge >= 0.3 is 0 Å². The van der Waals surface area contributed by atoms with E-state index in [-0.39, 0.29) is 0 Å². The highest BCUT2D eigenvalue weighted by molar-refractivity contribution is 5.50. The standard InChI is InChI=1S/C23H45O/c1-2-3-4-5-6-7-8-9-10-11-12-13-14-15-16-17-18-19-20-21-22-23-24/h2-22H2,1H3. The van der Waals surface area contributed by atoms with E-state index in [2.05, 4.69) is 6.92 Å². The lowest BCUT2D eigenvalue weighted by Crippen LogP contribution is -1.84. The maximum absolute atomic E-state index is 10.1. The summed E-state index contributed by atoms with van der Waals surface area (Å²) in [7, 11) is 0. The second-order valence-electron chi connectivity index (χ2n) is 7.61. The van der Waals surface area contributed by atoms with Crippen molar-refractivity contribution < 1.29 is 4.79 Å². The van der Waals surface area contributed by atoms with E-state index in [0.29, 0.717) is 6.42 Å². The van der Waals surface area contributed by atoms with Gasteiger partial charge < -0.3 is 0 Å². The van der Waals surface area contributed by atoms with Crippen molar-refractivity contribution in [2.75, 3.05) is 0 Å². The van der Waals surface area contributed by atoms with E-state index in [4.69, 9.17) is 0 Å². The van der Waals surface area contributed by atoms with Crippen LogP contribution in [0.1, 0.15) is 142 Å². The Morgan fingerprint density at radius 1 is 0.417 bits per heavy atom. The van der Waals surface area contributed by atoms with Crippen LogP contribution >= 0.6 is 0 Å². The molecule has 24 heavy (non-hydrogen) atoms. The van der Waals surface area contributed by atoms with Crippen molar-refractivity contribution in [1.29, 1.82) is 0 Å². The smallest absolute Gasteiger partial charge is 0.198 e. The van der Waals surface area contributed by atoms with Crippen molar-refractivity contribution in [1.82, 2.24) is 0 Å². The van der Waals surface area contributed by atoms with E-state index in [1.807, 2.05) is 6.29 Å². The molecule has 0 saturated heterocycles. The molecule has 0 rings (SSSR count). The molecule has 0 unspecified atom stereocenters. The predicted octanol–water partition coefficient (Wildman–Crippen LogP) is 8.31. The van der Waals surface area contributed by atoms with E-state index in [0.717, 1.165) is 6.42 Å². The van der Waals surface area contributed by atoms with Crippen LogP contribution in [0.5, 0.6) is 0 Å². The first-order chi connectivity index (χ1) is 11.9. The maximum atomic E-state index is 10.1. The van der Waals surface area contributed by atoms with E-state index in [1.165, 1.54) is 122 Å². The molecule has 1 nitrogen and oxygen atoms in total. The fourth-order valence-corrected chi connectivity index (χ4v) is 3.45. The third kappa shape index (κ3) is 21.7. The number of carbonyl (C=O) groups excluding carboxylic acids is 1. The van der Waals surface area contributed by atoms with Gasteiger partial charge in [-0.05, 0) is 6.42 Å². The average molecular weight is 338 g/mol. The van der Waals surface area contributed by atoms with Gasteiger partial charge in [0.15, 0.2) is 6.29 Å². The highest BCUT2D eigenvalue weighted by Crippen LogP contribution is 2.14. The average Bonchev–Trinajstić information content (AvgIpc) is 2.60. The normalized spacial score (nSPS) is 11.0. The Bertz CT molecular complexity index is 224. The molecule has 1 radical (unpaired) electrons. The quantitative estimate of drug-likeness (QED) is 0.192. The van der Waals surface area contributed by atoms with Gasteiger partial charge in [-0.2, -0.15) is 0 Å². The lowest BCUT2D eigenvalue weighted by molar-refractivity contribution is 0.520. The molecule has 0 bridgehead atoms. The summed E-state index contributed by atoms with van der Waals surface area (Å²) >= 11 is 0. The Morgan fingerprint density at radius 3 is 0.917 bits per heavy atom. The number of hydrogen-bond acceptors (Lipinski definition) is 1. The van der Waals surface area contributed by atoms with Crippen molar-refractivity contribution in [2.45, 2.75) is 142 Å². The molecule has 0 atom stereocenters. The molecular formula is C23H45O. The largest absolute Gasteiger partial charge is 0.291 e. The predicted molar refractivity (Wildman–Crippen MR) is 108 cm³/mol. The highest BCUT2D eigenvalue weighted by Gasteiger charge is 1.95. The van der Waals surface area contributed by atoms with Gasteiger partial charge in [-0.25, -0.2) is 0 Å². The van der Waals surface area contributed by atoms with Crippen LogP contribution in [0.3, 0.4) is 0 Å². The van der Waals surface area contributed by atoms with Gasteiger partial charge in [-0.1, -0.05) is 129 Å². The molecule has 0 aromatic carbocycles. The minimum absolute atomic E-state index is 0.638. The Hall–Kier alpha value is -0.330. The van der Waals surface area contributed by atoms with E-state index in [9.17, 15) is 4.79 Å². The van der Waals surface area contributed by atoms with Crippen LogP contribution in [0.25, 0.3) is 0 Å². The Labute approximate surface area is 153 Å². The van der Waals surface area contributed by atoms with Gasteiger partial charge in [0.25, 0.3) is 0 Å². The minimum Gasteiger partial charge on any atom is -0.291 e. The summed E-state index contributed by atoms with van der Waals surface area (Å²) in [6.45, 7) is 2.29. The van der Waals surface area contributed by atoms with Crippen molar-refractivity contribution in [3.05, 3.63) is 0 Å². The van der Waals surface area contributed by atoms with Crippen LogP contribution in [0.4, 0.5) is 0 Å². The summed E-state index contributed by atoms with van der Waals surface area (Å²) in [5, 5.41) is 0. The second-order valence-corrected chi connectivity index (χ2v) is 7.61. The number of hydrogen-bond donors (Lipinski definition) is 0. The van der Waals surface area contributed by atoms with Crippen LogP contribution in [0.15, 0.2) is 0 Å². The summed E-state index contributed by atoms with van der Waals surface area (Å²) in [5.74, 6) is 0. The second kappa shape index (κ2) is 22.7. The van der Waals surface area contributed by atoms with Crippen molar-refractivity contribution in [3.8, 4) is 0 Å². The summed E-state index contributed by atoms with van der Waals surface area (Å²) in [6.07, 6.45) is 30.6. The lowest BCUT2D eigenvalue weighted by atomic mass is 10.0. The fourth-order valence-electron chi connectivity index (χ4n) is 3.45.